The Labute approximate surface area is 148 Å². The van der Waals surface area contributed by atoms with E-state index in [1.54, 1.807) is 18.3 Å². The van der Waals surface area contributed by atoms with Crippen molar-refractivity contribution in [3.63, 3.8) is 0 Å². The van der Waals surface area contributed by atoms with Gasteiger partial charge in [0.15, 0.2) is 0 Å². The molecule has 1 aliphatic rings. The first kappa shape index (κ1) is 17.5. The molecule has 4 nitrogen and oxygen atoms in total. The summed E-state index contributed by atoms with van der Waals surface area (Å²) in [5.74, 6) is 0.409. The fourth-order valence-electron chi connectivity index (χ4n) is 3.16. The first-order valence-corrected chi connectivity index (χ1v) is 8.80. The number of aromatic nitrogens is 1. The molecular weight excluding hydrogens is 317 g/mol. The van der Waals surface area contributed by atoms with Crippen molar-refractivity contribution in [1.82, 2.24) is 15.2 Å². The number of amides is 1. The van der Waals surface area contributed by atoms with Crippen LogP contribution < -0.4 is 5.32 Å². The number of piperidine rings is 1. The third-order valence-electron chi connectivity index (χ3n) is 4.74. The molecule has 1 N–H and O–H groups in total. The van der Waals surface area contributed by atoms with Crippen LogP contribution in [0.25, 0.3) is 0 Å². The van der Waals surface area contributed by atoms with Crippen molar-refractivity contribution in [3.05, 3.63) is 65.7 Å². The van der Waals surface area contributed by atoms with Gasteiger partial charge in [-0.1, -0.05) is 25.1 Å². The molecule has 2 heterocycles. The van der Waals surface area contributed by atoms with E-state index >= 15 is 0 Å². The topological polar surface area (TPSA) is 45.2 Å². The molecule has 0 bridgehead atoms. The summed E-state index contributed by atoms with van der Waals surface area (Å²) in [6.45, 7) is 4.55. The number of likely N-dealkylation sites (tertiary alicyclic amines) is 1. The van der Waals surface area contributed by atoms with Crippen LogP contribution in [0.1, 0.15) is 37.1 Å². The van der Waals surface area contributed by atoms with Crippen molar-refractivity contribution in [3.8, 4) is 0 Å². The average Bonchev–Trinajstić information content (AvgIpc) is 2.63. The van der Waals surface area contributed by atoms with Crippen molar-refractivity contribution in [1.29, 1.82) is 0 Å². The number of benzene rings is 1. The lowest BCUT2D eigenvalue weighted by Gasteiger charge is -2.30. The van der Waals surface area contributed by atoms with Crippen molar-refractivity contribution < 1.29 is 9.18 Å². The van der Waals surface area contributed by atoms with Gasteiger partial charge in [-0.3, -0.25) is 14.7 Å². The smallest absolute Gasteiger partial charge is 0.234 e. The average molecular weight is 341 g/mol. The van der Waals surface area contributed by atoms with E-state index in [0.29, 0.717) is 6.54 Å². The summed E-state index contributed by atoms with van der Waals surface area (Å²) in [6.07, 6.45) is 3.97. The number of nitrogens with one attached hydrogen (secondary N) is 1. The SMILES string of the molecule is CC1CCN(CC(=O)N[C@@H](c2ccc(F)cc2)c2ccccn2)CC1. The predicted molar refractivity (Wildman–Crippen MR) is 95.5 cm³/mol. The van der Waals surface area contributed by atoms with E-state index in [1.807, 2.05) is 18.2 Å². The Hall–Kier alpha value is -2.27. The quantitative estimate of drug-likeness (QED) is 0.909. The highest BCUT2D eigenvalue weighted by atomic mass is 19.1. The van der Waals surface area contributed by atoms with Crippen LogP contribution in [0, 0.1) is 11.7 Å². The maximum absolute atomic E-state index is 13.2. The van der Waals surface area contributed by atoms with E-state index in [-0.39, 0.29) is 17.8 Å². The van der Waals surface area contributed by atoms with Crippen molar-refractivity contribution in [2.45, 2.75) is 25.8 Å². The van der Waals surface area contributed by atoms with Crippen LogP contribution >= 0.6 is 0 Å². The van der Waals surface area contributed by atoms with Gasteiger partial charge < -0.3 is 5.32 Å². The van der Waals surface area contributed by atoms with Crippen LogP contribution in [0.5, 0.6) is 0 Å². The van der Waals surface area contributed by atoms with E-state index in [9.17, 15) is 9.18 Å². The summed E-state index contributed by atoms with van der Waals surface area (Å²) < 4.78 is 13.2. The monoisotopic (exact) mass is 341 g/mol. The Morgan fingerprint density at radius 1 is 1.24 bits per heavy atom. The second-order valence-electron chi connectivity index (χ2n) is 6.77. The highest BCUT2D eigenvalue weighted by Crippen LogP contribution is 2.21. The summed E-state index contributed by atoms with van der Waals surface area (Å²) in [4.78, 5) is 19.1. The highest BCUT2D eigenvalue weighted by Gasteiger charge is 2.22. The lowest BCUT2D eigenvalue weighted by atomic mass is 9.99. The van der Waals surface area contributed by atoms with Crippen LogP contribution in [-0.2, 0) is 4.79 Å². The molecule has 1 aromatic carbocycles. The second kappa shape index (κ2) is 8.21. The zero-order valence-corrected chi connectivity index (χ0v) is 14.5. The first-order chi connectivity index (χ1) is 12.1. The maximum atomic E-state index is 13.2. The molecule has 132 valence electrons. The van der Waals surface area contributed by atoms with Gasteiger partial charge in [0.25, 0.3) is 0 Å². The third-order valence-corrected chi connectivity index (χ3v) is 4.74. The Bertz CT molecular complexity index is 682. The number of carbonyl (C=O) groups excluding carboxylic acids is 1. The molecule has 3 rings (SSSR count). The number of rotatable bonds is 5. The van der Waals surface area contributed by atoms with Crippen LogP contribution in [0.15, 0.2) is 48.7 Å². The van der Waals surface area contributed by atoms with Crippen molar-refractivity contribution in [2.75, 3.05) is 19.6 Å². The minimum Gasteiger partial charge on any atom is -0.342 e. The number of nitrogens with zero attached hydrogens (tertiary/aromatic N) is 2. The van der Waals surface area contributed by atoms with Crippen LogP contribution in [0.2, 0.25) is 0 Å². The fourth-order valence-corrected chi connectivity index (χ4v) is 3.16. The molecule has 1 saturated heterocycles. The molecule has 0 radical (unpaired) electrons. The molecule has 1 aliphatic heterocycles. The molecule has 1 aromatic heterocycles. The van der Waals surface area contributed by atoms with E-state index in [4.69, 9.17) is 0 Å². The number of carbonyl (C=O) groups is 1. The number of pyridine rings is 1. The number of halogens is 1. The molecule has 0 aliphatic carbocycles. The molecule has 25 heavy (non-hydrogen) atoms. The fraction of sp³-hybridized carbons (Fsp3) is 0.400. The van der Waals surface area contributed by atoms with Crippen molar-refractivity contribution in [2.24, 2.45) is 5.92 Å². The summed E-state index contributed by atoms with van der Waals surface area (Å²) in [5.41, 5.74) is 1.57. The zero-order valence-electron chi connectivity index (χ0n) is 14.5. The van der Waals surface area contributed by atoms with Gasteiger partial charge in [0.2, 0.25) is 5.91 Å². The standard InChI is InChI=1S/C20H24FN3O/c1-15-9-12-24(13-10-15)14-19(25)23-20(18-4-2-3-11-22-18)16-5-7-17(21)8-6-16/h2-8,11,15,20H,9-10,12-14H2,1H3,(H,23,25)/t20-/m0/s1. The van der Waals surface area contributed by atoms with Gasteiger partial charge in [-0.2, -0.15) is 0 Å². The molecule has 1 amide bonds. The molecule has 0 spiro atoms. The third kappa shape index (κ3) is 4.86. The van der Waals surface area contributed by atoms with Gasteiger partial charge in [-0.15, -0.1) is 0 Å². The molecular formula is C20H24FN3O. The summed E-state index contributed by atoms with van der Waals surface area (Å²) >= 11 is 0. The minimum atomic E-state index is -0.377. The molecule has 5 heteroatoms. The number of hydrogen-bond donors (Lipinski definition) is 1. The first-order valence-electron chi connectivity index (χ1n) is 8.80. The highest BCUT2D eigenvalue weighted by molar-refractivity contribution is 5.79. The zero-order chi connectivity index (χ0) is 17.6. The van der Waals surface area contributed by atoms with Gasteiger partial charge in [0, 0.05) is 6.20 Å². The Kier molecular flexibility index (Phi) is 5.76. The van der Waals surface area contributed by atoms with Gasteiger partial charge in [0.05, 0.1) is 18.3 Å². The van der Waals surface area contributed by atoms with Crippen LogP contribution in [0.3, 0.4) is 0 Å². The van der Waals surface area contributed by atoms with Gasteiger partial charge in [-0.25, -0.2) is 4.39 Å². The minimum absolute atomic E-state index is 0.0328. The predicted octanol–water partition coefficient (Wildman–Crippen LogP) is 3.16. The van der Waals surface area contributed by atoms with Gasteiger partial charge in [0.1, 0.15) is 5.82 Å². The lowest BCUT2D eigenvalue weighted by Crippen LogP contribution is -2.42. The summed E-state index contributed by atoms with van der Waals surface area (Å²) in [7, 11) is 0. The molecule has 0 saturated carbocycles. The molecule has 1 fully saturated rings. The Morgan fingerprint density at radius 2 is 1.96 bits per heavy atom. The maximum Gasteiger partial charge on any atom is 0.234 e. The van der Waals surface area contributed by atoms with Gasteiger partial charge >= 0.3 is 0 Å². The largest absolute Gasteiger partial charge is 0.342 e. The Balaban J connectivity index is 1.71. The van der Waals surface area contributed by atoms with E-state index < -0.39 is 0 Å². The molecule has 1 atom stereocenters. The summed E-state index contributed by atoms with van der Waals surface area (Å²) in [5, 5.41) is 3.06. The lowest BCUT2D eigenvalue weighted by molar-refractivity contribution is -0.123. The van der Waals surface area contributed by atoms with E-state index in [2.05, 4.69) is 22.1 Å². The Morgan fingerprint density at radius 3 is 2.60 bits per heavy atom. The second-order valence-corrected chi connectivity index (χ2v) is 6.77. The van der Waals surface area contributed by atoms with Crippen LogP contribution in [0.4, 0.5) is 4.39 Å². The normalized spacial score (nSPS) is 17.2. The van der Waals surface area contributed by atoms with E-state index in [0.717, 1.165) is 43.1 Å². The van der Waals surface area contributed by atoms with Gasteiger partial charge in [-0.05, 0) is 61.7 Å². The van der Waals surface area contributed by atoms with E-state index in [1.165, 1.54) is 12.1 Å². The van der Waals surface area contributed by atoms with Crippen LogP contribution in [-0.4, -0.2) is 35.4 Å². The van der Waals surface area contributed by atoms with Crippen molar-refractivity contribution >= 4 is 5.91 Å². The summed E-state index contributed by atoms with van der Waals surface area (Å²) in [6, 6.07) is 11.4. The number of hydrogen-bond acceptors (Lipinski definition) is 3. The molecule has 0 unspecified atom stereocenters. The molecule has 2 aromatic rings.